The maximum Gasteiger partial charge on any atom is 0.240 e. The monoisotopic (exact) mass is 492 g/mol. The molecule has 0 radical (unpaired) electrons. The number of carbonyl (C=O) groups excluding carboxylic acids is 1. The predicted molar refractivity (Wildman–Crippen MR) is 136 cm³/mol. The molecule has 184 valence electrons. The highest BCUT2D eigenvalue weighted by Gasteiger charge is 2.23. The Morgan fingerprint density at radius 1 is 0.943 bits per heavy atom. The number of sulfonamides is 1. The van der Waals surface area contributed by atoms with Gasteiger partial charge in [-0.15, -0.1) is 0 Å². The van der Waals surface area contributed by atoms with Crippen molar-refractivity contribution < 1.29 is 13.2 Å². The molecule has 1 aliphatic carbocycles. The molecule has 2 heterocycles. The van der Waals surface area contributed by atoms with E-state index in [1.165, 1.54) is 11.1 Å². The van der Waals surface area contributed by atoms with Crippen LogP contribution in [-0.4, -0.2) is 61.8 Å². The van der Waals surface area contributed by atoms with Crippen LogP contribution in [0.25, 0.3) is 10.9 Å². The molecule has 1 N–H and O–H groups in total. The minimum Gasteiger partial charge on any atom is -0.340 e. The zero-order valence-electron chi connectivity index (χ0n) is 19.9. The molecular weight excluding hydrogens is 460 g/mol. The van der Waals surface area contributed by atoms with E-state index in [0.717, 1.165) is 61.8 Å². The van der Waals surface area contributed by atoms with Gasteiger partial charge in [0, 0.05) is 57.3 Å². The van der Waals surface area contributed by atoms with E-state index >= 15 is 0 Å². The second-order valence-electron chi connectivity index (χ2n) is 9.43. The zero-order valence-corrected chi connectivity index (χ0v) is 20.8. The van der Waals surface area contributed by atoms with Crippen LogP contribution in [0.15, 0.2) is 59.6 Å². The molecule has 2 aromatic carbocycles. The number of pyridine rings is 1. The molecule has 0 atom stereocenters. The van der Waals surface area contributed by atoms with E-state index in [1.54, 1.807) is 12.1 Å². The van der Waals surface area contributed by atoms with Crippen molar-refractivity contribution in [3.8, 4) is 0 Å². The van der Waals surface area contributed by atoms with Crippen LogP contribution in [-0.2, 0) is 34.2 Å². The standard InChI is InChI=1S/C27H32N4O3S/c32-26(12-14-29-35(33,34)25-11-10-21-5-1-2-6-23(21)19-25)31-17-15-30(16-18-31)20-24-8-3-7-22-9-4-13-28-27(22)24/h3-4,7-11,13,19,29H,1-2,5-6,12,14-18,20H2. The molecule has 0 spiro atoms. The van der Waals surface area contributed by atoms with E-state index in [4.69, 9.17) is 0 Å². The molecule has 1 saturated heterocycles. The lowest BCUT2D eigenvalue weighted by molar-refractivity contribution is -0.132. The number of benzene rings is 2. The molecule has 5 rings (SSSR count). The first-order valence-corrected chi connectivity index (χ1v) is 13.9. The summed E-state index contributed by atoms with van der Waals surface area (Å²) in [6.45, 7) is 3.78. The zero-order chi connectivity index (χ0) is 24.3. The molecule has 0 saturated carbocycles. The summed E-state index contributed by atoms with van der Waals surface area (Å²) in [5, 5.41) is 1.14. The molecule has 0 unspecified atom stereocenters. The van der Waals surface area contributed by atoms with Crippen molar-refractivity contribution >= 4 is 26.8 Å². The van der Waals surface area contributed by atoms with Gasteiger partial charge in [0.25, 0.3) is 0 Å². The van der Waals surface area contributed by atoms with Gasteiger partial charge in [-0.1, -0.05) is 30.3 Å². The summed E-state index contributed by atoms with van der Waals surface area (Å²) in [7, 11) is -3.62. The number of aryl methyl sites for hydroxylation is 2. The number of carbonyl (C=O) groups is 1. The highest BCUT2D eigenvalue weighted by Crippen LogP contribution is 2.24. The Hall–Kier alpha value is -2.81. The first-order chi connectivity index (χ1) is 17.0. The summed E-state index contributed by atoms with van der Waals surface area (Å²) in [5.41, 5.74) is 4.60. The molecule has 0 bridgehead atoms. The van der Waals surface area contributed by atoms with Gasteiger partial charge in [0.2, 0.25) is 15.9 Å². The first-order valence-electron chi connectivity index (χ1n) is 12.4. The van der Waals surface area contributed by atoms with Gasteiger partial charge >= 0.3 is 0 Å². The van der Waals surface area contributed by atoms with Gasteiger partial charge in [-0.2, -0.15) is 0 Å². The number of rotatable bonds is 7. The topological polar surface area (TPSA) is 82.6 Å². The lowest BCUT2D eigenvalue weighted by Gasteiger charge is -2.35. The quantitative estimate of drug-likeness (QED) is 0.548. The number of piperazine rings is 1. The molecule has 1 aliphatic heterocycles. The maximum atomic E-state index is 12.7. The number of hydrogen-bond acceptors (Lipinski definition) is 5. The van der Waals surface area contributed by atoms with E-state index in [-0.39, 0.29) is 18.9 Å². The van der Waals surface area contributed by atoms with Crippen molar-refractivity contribution in [3.05, 3.63) is 71.4 Å². The van der Waals surface area contributed by atoms with Crippen LogP contribution in [0, 0.1) is 0 Å². The van der Waals surface area contributed by atoms with Gasteiger partial charge in [-0.25, -0.2) is 13.1 Å². The molecule has 2 aliphatic rings. The lowest BCUT2D eigenvalue weighted by Crippen LogP contribution is -2.48. The fraction of sp³-hybridized carbons (Fsp3) is 0.407. The summed E-state index contributed by atoms with van der Waals surface area (Å²) in [5.74, 6) is -0.00961. The van der Waals surface area contributed by atoms with E-state index in [9.17, 15) is 13.2 Å². The number of hydrogen-bond donors (Lipinski definition) is 1. The molecule has 1 amide bonds. The second kappa shape index (κ2) is 10.4. The molecule has 3 aromatic rings. The minimum atomic E-state index is -3.62. The molecule has 8 heteroatoms. The minimum absolute atomic E-state index is 0.00961. The maximum absolute atomic E-state index is 12.7. The van der Waals surface area contributed by atoms with Gasteiger partial charge in [-0.3, -0.25) is 14.7 Å². The Labute approximate surface area is 207 Å². The lowest BCUT2D eigenvalue weighted by atomic mass is 9.92. The van der Waals surface area contributed by atoms with Crippen molar-refractivity contribution in [3.63, 3.8) is 0 Å². The molecule has 1 aromatic heterocycles. The fourth-order valence-corrected chi connectivity index (χ4v) is 6.18. The summed E-state index contributed by atoms with van der Waals surface area (Å²) in [6.07, 6.45) is 6.20. The normalized spacial score (nSPS) is 16.9. The Morgan fingerprint density at radius 3 is 2.54 bits per heavy atom. The van der Waals surface area contributed by atoms with Crippen molar-refractivity contribution in [2.45, 2.75) is 43.5 Å². The predicted octanol–water partition coefficient (Wildman–Crippen LogP) is 3.13. The average molecular weight is 493 g/mol. The van der Waals surface area contributed by atoms with Crippen molar-refractivity contribution in [1.29, 1.82) is 0 Å². The third-order valence-corrected chi connectivity index (χ3v) is 8.56. The van der Waals surface area contributed by atoms with Gasteiger partial charge in [0.05, 0.1) is 10.4 Å². The summed E-state index contributed by atoms with van der Waals surface area (Å²) < 4.78 is 28.1. The molecule has 35 heavy (non-hydrogen) atoms. The average Bonchev–Trinajstić information content (AvgIpc) is 2.89. The van der Waals surface area contributed by atoms with Crippen molar-refractivity contribution in [1.82, 2.24) is 19.5 Å². The van der Waals surface area contributed by atoms with Crippen LogP contribution >= 0.6 is 0 Å². The van der Waals surface area contributed by atoms with Gasteiger partial charge < -0.3 is 4.90 Å². The number of fused-ring (bicyclic) bond motifs is 2. The highest BCUT2D eigenvalue weighted by molar-refractivity contribution is 7.89. The number of amides is 1. The summed E-state index contributed by atoms with van der Waals surface area (Å²) in [4.78, 5) is 21.7. The van der Waals surface area contributed by atoms with Crippen LogP contribution in [0.3, 0.4) is 0 Å². The van der Waals surface area contributed by atoms with Crippen molar-refractivity contribution in [2.75, 3.05) is 32.7 Å². The van der Waals surface area contributed by atoms with Crippen LogP contribution in [0.2, 0.25) is 0 Å². The fourth-order valence-electron chi connectivity index (χ4n) is 5.10. The van der Waals surface area contributed by atoms with Gasteiger partial charge in [-0.05, 0) is 60.6 Å². The number of para-hydroxylation sites is 1. The SMILES string of the molecule is O=C(CCNS(=O)(=O)c1ccc2c(c1)CCCC2)N1CCN(Cc2cccc3cccnc23)CC1. The molecule has 1 fully saturated rings. The first kappa shape index (κ1) is 23.9. The van der Waals surface area contributed by atoms with E-state index in [1.807, 2.05) is 23.2 Å². The van der Waals surface area contributed by atoms with Crippen LogP contribution in [0.4, 0.5) is 0 Å². The Morgan fingerprint density at radius 2 is 1.71 bits per heavy atom. The number of aromatic nitrogens is 1. The van der Waals surface area contributed by atoms with Gasteiger partial charge in [0.1, 0.15) is 0 Å². The second-order valence-corrected chi connectivity index (χ2v) is 11.2. The molecular formula is C27H32N4O3S. The highest BCUT2D eigenvalue weighted by atomic mass is 32.2. The van der Waals surface area contributed by atoms with Gasteiger partial charge in [0.15, 0.2) is 0 Å². The number of nitrogens with one attached hydrogen (secondary N) is 1. The third kappa shape index (κ3) is 5.55. The third-order valence-electron chi connectivity index (χ3n) is 7.10. The summed E-state index contributed by atoms with van der Waals surface area (Å²) >= 11 is 0. The van der Waals surface area contributed by atoms with Crippen LogP contribution in [0.1, 0.15) is 36.0 Å². The van der Waals surface area contributed by atoms with Crippen LogP contribution < -0.4 is 4.72 Å². The number of nitrogens with zero attached hydrogens (tertiary/aromatic N) is 3. The Bertz CT molecular complexity index is 1310. The Kier molecular flexibility index (Phi) is 7.13. The smallest absolute Gasteiger partial charge is 0.240 e. The largest absolute Gasteiger partial charge is 0.340 e. The van der Waals surface area contributed by atoms with E-state index in [2.05, 4.69) is 38.9 Å². The summed E-state index contributed by atoms with van der Waals surface area (Å²) in [6, 6.07) is 15.7. The van der Waals surface area contributed by atoms with Crippen molar-refractivity contribution in [2.24, 2.45) is 0 Å². The Balaban J connectivity index is 1.10. The van der Waals surface area contributed by atoms with E-state index < -0.39 is 10.0 Å². The molecule has 7 nitrogen and oxygen atoms in total. The van der Waals surface area contributed by atoms with E-state index in [0.29, 0.717) is 18.0 Å². The van der Waals surface area contributed by atoms with Crippen LogP contribution in [0.5, 0.6) is 0 Å².